The van der Waals surface area contributed by atoms with E-state index in [1.807, 2.05) is 0 Å². The molecule has 33 heteroatoms. The first-order valence-electron chi connectivity index (χ1n) is 28.9. The molecule has 0 bridgehead atoms. The highest BCUT2D eigenvalue weighted by atomic mass is 16.8. The van der Waals surface area contributed by atoms with Gasteiger partial charge in [0, 0.05) is 85.3 Å². The number of aliphatic hydroxyl groups excluding tert-OH is 7. The van der Waals surface area contributed by atoms with Crippen molar-refractivity contribution in [3.05, 3.63) is 35.4 Å². The highest BCUT2D eigenvalue weighted by molar-refractivity contribution is 6.21. The molecule has 0 aromatic heterocycles. The molecule has 7 aliphatic heterocycles. The fourth-order valence-electron chi connectivity index (χ4n) is 12.7. The Kier molecular flexibility index (Phi) is 26.7. The number of carbonyl (C=O) groups excluding carboxylic acids is 2. The maximum Gasteiger partial charge on any atom is 0.261 e. The molecule has 0 saturated carbocycles. The number of nitrogens with zero attached hydrogens (tertiary/aromatic N) is 1. The lowest BCUT2D eigenvalue weighted by molar-refractivity contribution is -0.400. The van der Waals surface area contributed by atoms with Crippen molar-refractivity contribution in [2.75, 3.05) is 125 Å². The number of rotatable bonds is 29. The molecular weight excluding hydrogens is 1200 g/mol. The topological polar surface area (TPSA) is 391 Å². The number of aliphatic hydroxyl groups is 7. The van der Waals surface area contributed by atoms with Gasteiger partial charge in [0.25, 0.3) is 11.8 Å². The molecule has 7 heterocycles. The van der Waals surface area contributed by atoms with Crippen molar-refractivity contribution in [1.29, 1.82) is 0 Å². The lowest BCUT2D eigenvalue weighted by Gasteiger charge is -2.52. The summed E-state index contributed by atoms with van der Waals surface area (Å²) in [7, 11) is 17.3. The van der Waals surface area contributed by atoms with Crippen molar-refractivity contribution in [3.8, 4) is 0 Å². The van der Waals surface area contributed by atoms with Crippen molar-refractivity contribution in [2.24, 2.45) is 0 Å². The first-order chi connectivity index (χ1) is 42.9. The van der Waals surface area contributed by atoms with E-state index < -0.39 is 216 Å². The number of ether oxygens (including phenoxy) is 23. The summed E-state index contributed by atoms with van der Waals surface area (Å²) in [5.74, 6) is -1.36. The molecule has 33 nitrogen and oxygen atoms in total. The molecule has 0 aliphatic carbocycles. The summed E-state index contributed by atoms with van der Waals surface area (Å²) in [5, 5.41) is 75.3. The zero-order chi connectivity index (χ0) is 64.5. The van der Waals surface area contributed by atoms with Crippen molar-refractivity contribution in [1.82, 2.24) is 4.90 Å². The maximum atomic E-state index is 14.1. The largest absolute Gasteiger partial charge is 0.394 e. The number of hydrogen-bond donors (Lipinski definition) is 7. The zero-order valence-electron chi connectivity index (χ0n) is 51.7. The number of fused-ring (bicyclic) bond motifs is 1. The lowest BCUT2D eigenvalue weighted by Crippen LogP contribution is -2.69. The van der Waals surface area contributed by atoms with Crippen LogP contribution in [0.4, 0.5) is 0 Å². The van der Waals surface area contributed by atoms with Gasteiger partial charge in [-0.2, -0.15) is 0 Å². The molecule has 0 radical (unpaired) electrons. The second kappa shape index (κ2) is 33.0. The zero-order valence-corrected chi connectivity index (χ0v) is 51.7. The molecule has 6 fully saturated rings. The summed E-state index contributed by atoms with van der Waals surface area (Å²) < 4.78 is 142. The van der Waals surface area contributed by atoms with E-state index in [0.717, 1.165) is 4.90 Å². The van der Waals surface area contributed by atoms with Crippen molar-refractivity contribution in [3.63, 3.8) is 0 Å². The average Bonchev–Trinajstić information content (AvgIpc) is 1.96. The van der Waals surface area contributed by atoms with Crippen LogP contribution in [0.15, 0.2) is 24.3 Å². The summed E-state index contributed by atoms with van der Waals surface area (Å²) in [5.41, 5.74) is 0.218. The normalized spacial score (nSPS) is 43.8. The van der Waals surface area contributed by atoms with E-state index in [9.17, 15) is 45.3 Å². The second-order valence-corrected chi connectivity index (χ2v) is 22.0. The molecule has 89 heavy (non-hydrogen) atoms. The number of carbonyl (C=O) groups is 2. The predicted molar refractivity (Wildman–Crippen MR) is 291 cm³/mol. The molecule has 1 aromatic carbocycles. The Morgan fingerprint density at radius 1 is 0.337 bits per heavy atom. The summed E-state index contributed by atoms with van der Waals surface area (Å²) >= 11 is 0. The molecule has 30 atom stereocenters. The minimum absolute atomic E-state index is 0.0610. The molecule has 6 saturated heterocycles. The van der Waals surface area contributed by atoms with Gasteiger partial charge in [-0.25, -0.2) is 0 Å². The minimum Gasteiger partial charge on any atom is -0.394 e. The van der Waals surface area contributed by atoms with Gasteiger partial charge < -0.3 is 145 Å². The Morgan fingerprint density at radius 3 is 1.02 bits per heavy atom. The van der Waals surface area contributed by atoms with Crippen molar-refractivity contribution in [2.45, 2.75) is 184 Å². The number of methoxy groups -OCH3 is 12. The number of benzene rings is 1. The smallest absolute Gasteiger partial charge is 0.261 e. The maximum absolute atomic E-state index is 14.1. The minimum atomic E-state index is -2.04. The first-order valence-corrected chi connectivity index (χ1v) is 28.9. The van der Waals surface area contributed by atoms with Crippen LogP contribution in [0, 0.1) is 0 Å². The van der Waals surface area contributed by atoms with E-state index in [0.29, 0.717) is 0 Å². The van der Waals surface area contributed by atoms with Crippen LogP contribution in [0.25, 0.3) is 0 Å². The third-order valence-electron chi connectivity index (χ3n) is 17.1. The summed E-state index contributed by atoms with van der Waals surface area (Å²) in [6, 6.07) is 6.17. The number of imide groups is 1. The van der Waals surface area contributed by atoms with Gasteiger partial charge in [0.05, 0.1) is 50.7 Å². The van der Waals surface area contributed by atoms with E-state index in [1.54, 1.807) is 12.1 Å². The van der Waals surface area contributed by atoms with Crippen LogP contribution < -0.4 is 0 Å². The molecule has 14 unspecified atom stereocenters. The van der Waals surface area contributed by atoms with Crippen molar-refractivity contribution < 1.29 is 154 Å². The lowest BCUT2D eigenvalue weighted by atomic mass is 9.94. The predicted octanol–water partition coefficient (Wildman–Crippen LogP) is -4.95. The molecule has 8 rings (SSSR count). The molecule has 2 amide bonds. The van der Waals surface area contributed by atoms with Gasteiger partial charge in [-0.1, -0.05) is 12.1 Å². The highest BCUT2D eigenvalue weighted by Gasteiger charge is 2.60. The van der Waals surface area contributed by atoms with Crippen LogP contribution in [0.2, 0.25) is 0 Å². The van der Waals surface area contributed by atoms with Gasteiger partial charge in [0.15, 0.2) is 37.7 Å². The average molecular weight is 1290 g/mol. The third-order valence-corrected chi connectivity index (χ3v) is 17.1. The number of hydrogen-bond acceptors (Lipinski definition) is 32. The Bertz CT molecular complexity index is 2300. The Hall–Kier alpha value is -2.84. The molecule has 0 spiro atoms. The summed E-state index contributed by atoms with van der Waals surface area (Å²) in [4.78, 5) is 29.1. The van der Waals surface area contributed by atoms with Crippen LogP contribution in [0.5, 0.6) is 0 Å². The van der Waals surface area contributed by atoms with Crippen LogP contribution >= 0.6 is 0 Å². The summed E-state index contributed by atoms with van der Waals surface area (Å²) in [6.07, 6.45) is -39.9. The van der Waals surface area contributed by atoms with Crippen LogP contribution in [-0.4, -0.2) is 362 Å². The Labute approximate surface area is 514 Å². The van der Waals surface area contributed by atoms with Crippen LogP contribution in [0.1, 0.15) is 20.7 Å². The van der Waals surface area contributed by atoms with E-state index in [1.165, 1.54) is 97.5 Å². The first kappa shape index (κ1) is 72.0. The molecule has 1 aromatic rings. The standard InChI is InChI=1S/C56H89NO32/c1-67-20-28-38(42(71-5)45(74-8)53(78-12)82-28)88-55-48(77-11)44(73-7)40(30(84-55)22-69-3)89-56-47(76-10)43(72-6)39(29(83-56)21-68-2)87-54-46(75-9)41(70-4)37(25(79-54)17-57-49(65)23-15-13-14-16-24(23)50(57)66)86-52-35(64)33(62)36(27(19-59)81-52)85-51-34(63)32(61)31(60)26(18-58)80-51/h13-16,25-48,51-56,58-64H,17-22H2,1-12H3/t25?,26?,27?,28-,29?,30-,31+,32?,33?,34?,35?,36+,37+,38+,39+,40+,41+,42?,43-,44?,45?,46?,47?,48?,51+,52-,53+,54-,55+,56-/m0/s1. The fourth-order valence-corrected chi connectivity index (χ4v) is 12.7. The number of amides is 2. The highest BCUT2D eigenvalue weighted by Crippen LogP contribution is 2.41. The van der Waals surface area contributed by atoms with Crippen LogP contribution in [0.3, 0.4) is 0 Å². The van der Waals surface area contributed by atoms with Gasteiger partial charge in [0.1, 0.15) is 146 Å². The van der Waals surface area contributed by atoms with E-state index in [4.69, 9.17) is 109 Å². The quantitative estimate of drug-likeness (QED) is 0.0370. The van der Waals surface area contributed by atoms with Gasteiger partial charge >= 0.3 is 0 Å². The monoisotopic (exact) mass is 1290 g/mol. The van der Waals surface area contributed by atoms with E-state index in [2.05, 4.69) is 0 Å². The fraction of sp³-hybridized carbons (Fsp3) is 0.857. The second-order valence-electron chi connectivity index (χ2n) is 22.0. The van der Waals surface area contributed by atoms with Gasteiger partial charge in [0.2, 0.25) is 0 Å². The molecule has 7 N–H and O–H groups in total. The van der Waals surface area contributed by atoms with E-state index >= 15 is 0 Å². The van der Waals surface area contributed by atoms with E-state index in [-0.39, 0.29) is 30.9 Å². The van der Waals surface area contributed by atoms with Crippen LogP contribution in [-0.2, 0) is 109 Å². The Balaban J connectivity index is 1.06. The van der Waals surface area contributed by atoms with Crippen molar-refractivity contribution >= 4 is 11.8 Å². The third kappa shape index (κ3) is 14.8. The Morgan fingerprint density at radius 2 is 0.652 bits per heavy atom. The SMILES string of the molecule is COCC1O[C@@H](O[C@H]2C(OC)C(OC)[C@@H](O[C@H]3C(OC)C(OC)[C@H](OC)O[C@H]3COC)O[C@H]2COC)C(OC)[C@@H](OC)[C@@H]1O[C@@H]1OC(CN2C(=O)c3ccccc3C2=O)[C@@H](O[C@@H]2OC(CO)[C@@H](O[C@H]3OC(CO)[C@@H](O)C(O)C3O)C(O)C2O)[C@@H](OC)C1OC. The molecule has 7 aliphatic rings. The van der Waals surface area contributed by atoms with Gasteiger partial charge in [-0.05, 0) is 12.1 Å². The van der Waals surface area contributed by atoms with Gasteiger partial charge in [-0.3, -0.25) is 14.5 Å². The molecule has 510 valence electrons. The van der Waals surface area contributed by atoms with Gasteiger partial charge in [-0.15, -0.1) is 0 Å². The molecular formula is C56H89NO32. The summed E-state index contributed by atoms with van der Waals surface area (Å²) in [6.45, 7) is -2.39.